The molecule has 1 unspecified atom stereocenters. The monoisotopic (exact) mass is 192 g/mol. The molecule has 2 heteroatoms. The van der Waals surface area contributed by atoms with Crippen molar-refractivity contribution in [3.05, 3.63) is 35.4 Å². The van der Waals surface area contributed by atoms with Crippen LogP contribution in [-0.4, -0.2) is 17.5 Å². The summed E-state index contributed by atoms with van der Waals surface area (Å²) in [5.74, 6) is -0.294. The lowest BCUT2D eigenvalue weighted by molar-refractivity contribution is 0.0877. The van der Waals surface area contributed by atoms with E-state index >= 15 is 0 Å². The number of aliphatic hydroxyl groups is 1. The highest BCUT2D eigenvalue weighted by atomic mass is 16.3. The molecule has 0 aliphatic carbocycles. The maximum Gasteiger partial charge on any atom is 0.167 e. The van der Waals surface area contributed by atoms with Gasteiger partial charge in [0.1, 0.15) is 0 Å². The van der Waals surface area contributed by atoms with Crippen LogP contribution < -0.4 is 0 Å². The van der Waals surface area contributed by atoms with Gasteiger partial charge < -0.3 is 5.11 Å². The fraction of sp³-hybridized carbons (Fsp3) is 0.417. The topological polar surface area (TPSA) is 37.3 Å². The van der Waals surface area contributed by atoms with Gasteiger partial charge in [0.15, 0.2) is 5.78 Å². The predicted octanol–water partition coefficient (Wildman–Crippen LogP) is 2.06. The third-order valence-corrected chi connectivity index (χ3v) is 2.37. The highest BCUT2D eigenvalue weighted by molar-refractivity contribution is 5.97. The highest BCUT2D eigenvalue weighted by Crippen LogP contribution is 2.10. The quantitative estimate of drug-likeness (QED) is 0.741. The SMILES string of the molecule is CCc1ccc(C(=O)C(C)CO)cc1. The maximum absolute atomic E-state index is 11.6. The Kier molecular flexibility index (Phi) is 3.84. The lowest BCUT2D eigenvalue weighted by atomic mass is 9.99. The van der Waals surface area contributed by atoms with Gasteiger partial charge in [0.05, 0.1) is 6.61 Å². The van der Waals surface area contributed by atoms with Crippen LogP contribution in [0.15, 0.2) is 24.3 Å². The van der Waals surface area contributed by atoms with Gasteiger partial charge in [-0.25, -0.2) is 0 Å². The number of Topliss-reactive ketones (excluding diaryl/α,β-unsaturated/α-hetero) is 1. The van der Waals surface area contributed by atoms with Gasteiger partial charge in [-0.2, -0.15) is 0 Å². The molecule has 0 aliphatic heterocycles. The Hall–Kier alpha value is -1.15. The molecule has 0 aromatic heterocycles. The van der Waals surface area contributed by atoms with Crippen LogP contribution >= 0.6 is 0 Å². The van der Waals surface area contributed by atoms with Crippen LogP contribution in [0.3, 0.4) is 0 Å². The third-order valence-electron chi connectivity index (χ3n) is 2.37. The fourth-order valence-electron chi connectivity index (χ4n) is 1.27. The molecule has 0 radical (unpaired) electrons. The molecule has 0 amide bonds. The minimum Gasteiger partial charge on any atom is -0.396 e. The summed E-state index contributed by atoms with van der Waals surface area (Å²) in [5.41, 5.74) is 1.90. The summed E-state index contributed by atoms with van der Waals surface area (Å²) in [6.45, 7) is 3.72. The average Bonchev–Trinajstić information content (AvgIpc) is 2.27. The Labute approximate surface area is 84.6 Å². The van der Waals surface area contributed by atoms with Crippen LogP contribution in [-0.2, 0) is 6.42 Å². The van der Waals surface area contributed by atoms with Crippen molar-refractivity contribution in [3.63, 3.8) is 0 Å². The molecule has 1 N–H and O–H groups in total. The van der Waals surface area contributed by atoms with E-state index in [0.29, 0.717) is 5.56 Å². The molecule has 0 saturated heterocycles. The predicted molar refractivity (Wildman–Crippen MR) is 56.4 cm³/mol. The molecule has 76 valence electrons. The third kappa shape index (κ3) is 2.42. The first-order chi connectivity index (χ1) is 6.69. The lowest BCUT2D eigenvalue weighted by Crippen LogP contribution is -2.14. The molecule has 0 saturated carbocycles. The Morgan fingerprint density at radius 2 is 1.93 bits per heavy atom. The van der Waals surface area contributed by atoms with E-state index in [0.717, 1.165) is 6.42 Å². The van der Waals surface area contributed by atoms with Crippen LogP contribution in [0.25, 0.3) is 0 Å². The second kappa shape index (κ2) is 4.91. The highest BCUT2D eigenvalue weighted by Gasteiger charge is 2.13. The van der Waals surface area contributed by atoms with Crippen molar-refractivity contribution in [1.29, 1.82) is 0 Å². The summed E-state index contributed by atoms with van der Waals surface area (Å²) in [6.07, 6.45) is 0.976. The van der Waals surface area contributed by atoms with Crippen molar-refractivity contribution in [2.45, 2.75) is 20.3 Å². The normalized spacial score (nSPS) is 12.5. The number of aryl methyl sites for hydroxylation is 1. The fourth-order valence-corrected chi connectivity index (χ4v) is 1.27. The van der Waals surface area contributed by atoms with Crippen LogP contribution in [0.5, 0.6) is 0 Å². The lowest BCUT2D eigenvalue weighted by Gasteiger charge is -2.06. The summed E-state index contributed by atoms with van der Waals surface area (Å²) in [7, 11) is 0. The molecule has 1 atom stereocenters. The number of ketones is 1. The Morgan fingerprint density at radius 3 is 2.36 bits per heavy atom. The smallest absolute Gasteiger partial charge is 0.167 e. The zero-order valence-corrected chi connectivity index (χ0v) is 8.66. The number of aliphatic hydroxyl groups excluding tert-OH is 1. The zero-order valence-electron chi connectivity index (χ0n) is 8.66. The van der Waals surface area contributed by atoms with E-state index in [9.17, 15) is 4.79 Å². The number of carbonyl (C=O) groups is 1. The van der Waals surface area contributed by atoms with E-state index in [1.807, 2.05) is 24.3 Å². The maximum atomic E-state index is 11.6. The Bertz CT molecular complexity index is 301. The van der Waals surface area contributed by atoms with Gasteiger partial charge >= 0.3 is 0 Å². The molecule has 14 heavy (non-hydrogen) atoms. The van der Waals surface area contributed by atoms with Crippen molar-refractivity contribution >= 4 is 5.78 Å². The van der Waals surface area contributed by atoms with Gasteiger partial charge in [0.25, 0.3) is 0 Å². The minimum atomic E-state index is -0.303. The zero-order chi connectivity index (χ0) is 10.6. The van der Waals surface area contributed by atoms with Gasteiger partial charge in [0, 0.05) is 11.5 Å². The van der Waals surface area contributed by atoms with E-state index in [2.05, 4.69) is 6.92 Å². The molecular weight excluding hydrogens is 176 g/mol. The standard InChI is InChI=1S/C12H16O2/c1-3-10-4-6-11(7-5-10)12(14)9(2)8-13/h4-7,9,13H,3,8H2,1-2H3. The molecule has 2 nitrogen and oxygen atoms in total. The molecule has 0 bridgehead atoms. The van der Waals surface area contributed by atoms with Gasteiger partial charge in [-0.05, 0) is 12.0 Å². The van der Waals surface area contributed by atoms with Crippen molar-refractivity contribution in [2.75, 3.05) is 6.61 Å². The first-order valence-electron chi connectivity index (χ1n) is 4.93. The first kappa shape index (κ1) is 10.9. The summed E-state index contributed by atoms with van der Waals surface area (Å²) in [4.78, 5) is 11.6. The minimum absolute atomic E-state index is 0.00940. The summed E-state index contributed by atoms with van der Waals surface area (Å²) < 4.78 is 0. The second-order valence-electron chi connectivity index (χ2n) is 3.50. The average molecular weight is 192 g/mol. The Balaban J connectivity index is 2.81. The molecule has 0 fully saturated rings. The number of hydrogen-bond donors (Lipinski definition) is 1. The van der Waals surface area contributed by atoms with E-state index in [-0.39, 0.29) is 18.3 Å². The van der Waals surface area contributed by atoms with Crippen LogP contribution in [0.1, 0.15) is 29.8 Å². The molecule has 0 heterocycles. The van der Waals surface area contributed by atoms with Crippen molar-refractivity contribution in [3.8, 4) is 0 Å². The van der Waals surface area contributed by atoms with E-state index < -0.39 is 0 Å². The molecule has 0 aliphatic rings. The van der Waals surface area contributed by atoms with Crippen LogP contribution in [0, 0.1) is 5.92 Å². The number of hydrogen-bond acceptors (Lipinski definition) is 2. The van der Waals surface area contributed by atoms with Gasteiger partial charge in [-0.1, -0.05) is 38.1 Å². The number of carbonyl (C=O) groups excluding carboxylic acids is 1. The van der Waals surface area contributed by atoms with Crippen LogP contribution in [0.2, 0.25) is 0 Å². The van der Waals surface area contributed by atoms with Crippen molar-refractivity contribution in [1.82, 2.24) is 0 Å². The molecule has 1 aromatic carbocycles. The molecule has 1 rings (SSSR count). The van der Waals surface area contributed by atoms with E-state index in [1.165, 1.54) is 5.56 Å². The van der Waals surface area contributed by atoms with Gasteiger partial charge in [-0.15, -0.1) is 0 Å². The summed E-state index contributed by atoms with van der Waals surface area (Å²) in [5, 5.41) is 8.85. The molecule has 1 aromatic rings. The number of benzene rings is 1. The first-order valence-corrected chi connectivity index (χ1v) is 4.93. The van der Waals surface area contributed by atoms with Crippen molar-refractivity contribution < 1.29 is 9.90 Å². The second-order valence-corrected chi connectivity index (χ2v) is 3.50. The number of rotatable bonds is 4. The Morgan fingerprint density at radius 1 is 1.36 bits per heavy atom. The van der Waals surface area contributed by atoms with Gasteiger partial charge in [0.2, 0.25) is 0 Å². The summed E-state index contributed by atoms with van der Waals surface area (Å²) >= 11 is 0. The van der Waals surface area contributed by atoms with E-state index in [1.54, 1.807) is 6.92 Å². The molecular formula is C12H16O2. The summed E-state index contributed by atoms with van der Waals surface area (Å²) in [6, 6.07) is 7.56. The van der Waals surface area contributed by atoms with E-state index in [4.69, 9.17) is 5.11 Å². The largest absolute Gasteiger partial charge is 0.396 e. The van der Waals surface area contributed by atoms with Crippen LogP contribution in [0.4, 0.5) is 0 Å². The van der Waals surface area contributed by atoms with Gasteiger partial charge in [-0.3, -0.25) is 4.79 Å². The van der Waals surface area contributed by atoms with Crippen molar-refractivity contribution in [2.24, 2.45) is 5.92 Å². The molecule has 0 spiro atoms.